The zero-order chi connectivity index (χ0) is 18.1. The maximum Gasteiger partial charge on any atom is 0.222 e. The predicted octanol–water partition coefficient (Wildman–Crippen LogP) is 2.17. The number of nitrogens with one attached hydrogen (secondary N) is 2. The minimum absolute atomic E-state index is 0.207. The number of hydrogen-bond donors (Lipinski definition) is 3. The van der Waals surface area contributed by atoms with Crippen molar-refractivity contribution < 1.29 is 19.4 Å². The van der Waals surface area contributed by atoms with Crippen molar-refractivity contribution in [2.45, 2.75) is 32.8 Å². The second-order valence-corrected chi connectivity index (χ2v) is 5.49. The fourth-order valence-electron chi connectivity index (χ4n) is 2.15. The van der Waals surface area contributed by atoms with E-state index in [-0.39, 0.29) is 5.91 Å². The van der Waals surface area contributed by atoms with E-state index in [1.165, 1.54) is 0 Å². The van der Waals surface area contributed by atoms with E-state index < -0.39 is 6.35 Å². The summed E-state index contributed by atoms with van der Waals surface area (Å²) < 4.78 is 10.9. The van der Waals surface area contributed by atoms with Gasteiger partial charge in [-0.25, -0.2) is 0 Å². The van der Waals surface area contributed by atoms with Gasteiger partial charge in [-0.1, -0.05) is 31.2 Å². The largest absolute Gasteiger partial charge is 0.497 e. The summed E-state index contributed by atoms with van der Waals surface area (Å²) in [6.45, 7) is 2.62. The molecule has 6 heteroatoms. The lowest BCUT2D eigenvalue weighted by Crippen LogP contribution is -2.44. The van der Waals surface area contributed by atoms with Crippen LogP contribution in [0.5, 0.6) is 11.5 Å². The molecule has 0 aliphatic rings. The van der Waals surface area contributed by atoms with Gasteiger partial charge >= 0.3 is 0 Å². The molecule has 0 saturated heterocycles. The molecular formula is C19H24N2O4. The van der Waals surface area contributed by atoms with E-state index in [2.05, 4.69) is 10.6 Å². The first-order valence-corrected chi connectivity index (χ1v) is 8.16. The smallest absolute Gasteiger partial charge is 0.222 e. The third-order valence-corrected chi connectivity index (χ3v) is 3.58. The quantitative estimate of drug-likeness (QED) is 0.608. The van der Waals surface area contributed by atoms with Crippen LogP contribution in [0.4, 0.5) is 0 Å². The maximum atomic E-state index is 11.2. The van der Waals surface area contributed by atoms with Crippen LogP contribution >= 0.6 is 0 Å². The van der Waals surface area contributed by atoms with Crippen LogP contribution in [0, 0.1) is 0 Å². The second kappa shape index (κ2) is 9.66. The van der Waals surface area contributed by atoms with Gasteiger partial charge in [-0.05, 0) is 35.4 Å². The van der Waals surface area contributed by atoms with E-state index >= 15 is 0 Å². The molecule has 0 heterocycles. The molecule has 0 spiro atoms. The molecule has 0 radical (unpaired) electrons. The zero-order valence-electron chi connectivity index (χ0n) is 14.5. The van der Waals surface area contributed by atoms with Crippen LogP contribution in [0.15, 0.2) is 48.5 Å². The normalized spacial score (nSPS) is 11.6. The average molecular weight is 344 g/mol. The SMILES string of the molecule is CCC(=O)N[C@@H](O)NCc1ccc(OCc2cccc(OC)c2)cc1. The van der Waals surface area contributed by atoms with Crippen molar-refractivity contribution in [2.24, 2.45) is 0 Å². The first-order valence-electron chi connectivity index (χ1n) is 8.16. The van der Waals surface area contributed by atoms with Gasteiger partial charge in [-0.3, -0.25) is 10.1 Å². The van der Waals surface area contributed by atoms with E-state index in [0.29, 0.717) is 19.6 Å². The van der Waals surface area contributed by atoms with Gasteiger partial charge < -0.3 is 19.9 Å². The van der Waals surface area contributed by atoms with E-state index in [1.807, 2.05) is 48.5 Å². The molecule has 3 N–H and O–H groups in total. The average Bonchev–Trinajstić information content (AvgIpc) is 2.65. The van der Waals surface area contributed by atoms with Gasteiger partial charge in [0.05, 0.1) is 7.11 Å². The van der Waals surface area contributed by atoms with Crippen LogP contribution in [-0.4, -0.2) is 24.5 Å². The van der Waals surface area contributed by atoms with Crippen LogP contribution in [0.2, 0.25) is 0 Å². The van der Waals surface area contributed by atoms with Gasteiger partial charge in [0.1, 0.15) is 18.1 Å². The fourth-order valence-corrected chi connectivity index (χ4v) is 2.15. The Morgan fingerprint density at radius 1 is 1.12 bits per heavy atom. The molecule has 6 nitrogen and oxygen atoms in total. The molecule has 2 aromatic carbocycles. The molecule has 25 heavy (non-hydrogen) atoms. The summed E-state index contributed by atoms with van der Waals surface area (Å²) in [5, 5.41) is 14.9. The van der Waals surface area contributed by atoms with Gasteiger partial charge in [-0.2, -0.15) is 0 Å². The highest BCUT2D eigenvalue weighted by Gasteiger charge is 2.06. The first kappa shape index (κ1) is 18.8. The van der Waals surface area contributed by atoms with Gasteiger partial charge in [-0.15, -0.1) is 0 Å². The van der Waals surface area contributed by atoms with E-state index in [0.717, 1.165) is 22.6 Å². The molecule has 0 aliphatic carbocycles. The van der Waals surface area contributed by atoms with Crippen molar-refractivity contribution in [2.75, 3.05) is 7.11 Å². The molecule has 0 fully saturated rings. The Hall–Kier alpha value is -2.57. The number of carbonyl (C=O) groups is 1. The maximum absolute atomic E-state index is 11.2. The Kier molecular flexibility index (Phi) is 7.25. The second-order valence-electron chi connectivity index (χ2n) is 5.49. The summed E-state index contributed by atoms with van der Waals surface area (Å²) in [5.41, 5.74) is 2.00. The molecule has 2 rings (SSSR count). The van der Waals surface area contributed by atoms with Gasteiger partial charge in [0.25, 0.3) is 0 Å². The highest BCUT2D eigenvalue weighted by Crippen LogP contribution is 2.17. The Labute approximate surface area is 147 Å². The number of aliphatic hydroxyl groups excluding tert-OH is 1. The van der Waals surface area contributed by atoms with Crippen molar-refractivity contribution in [1.29, 1.82) is 0 Å². The van der Waals surface area contributed by atoms with Crippen molar-refractivity contribution in [3.05, 3.63) is 59.7 Å². The van der Waals surface area contributed by atoms with Gasteiger partial charge in [0.15, 0.2) is 6.35 Å². The molecular weight excluding hydrogens is 320 g/mol. The van der Waals surface area contributed by atoms with Crippen molar-refractivity contribution >= 4 is 5.91 Å². The fraction of sp³-hybridized carbons (Fsp3) is 0.316. The van der Waals surface area contributed by atoms with Crippen LogP contribution in [-0.2, 0) is 17.9 Å². The number of benzene rings is 2. The van der Waals surface area contributed by atoms with Crippen molar-refractivity contribution in [1.82, 2.24) is 10.6 Å². The summed E-state index contributed by atoms with van der Waals surface area (Å²) in [6, 6.07) is 15.3. The molecule has 134 valence electrons. The lowest BCUT2D eigenvalue weighted by molar-refractivity contribution is -0.124. The van der Waals surface area contributed by atoms with Gasteiger partial charge in [0, 0.05) is 13.0 Å². The number of rotatable bonds is 9. The lowest BCUT2D eigenvalue weighted by atomic mass is 10.2. The Balaban J connectivity index is 1.80. The minimum atomic E-state index is -1.06. The number of aliphatic hydroxyl groups is 1. The standard InChI is InChI=1S/C19H24N2O4/c1-3-18(22)21-19(23)20-12-14-7-9-16(10-8-14)25-13-15-5-4-6-17(11-15)24-2/h4-11,19-20,23H,3,12-13H2,1-2H3,(H,21,22)/t19-/m0/s1. The van der Waals surface area contributed by atoms with Gasteiger partial charge in [0.2, 0.25) is 5.91 Å². The molecule has 1 atom stereocenters. The minimum Gasteiger partial charge on any atom is -0.497 e. The summed E-state index contributed by atoms with van der Waals surface area (Å²) in [4.78, 5) is 11.2. The molecule has 0 aliphatic heterocycles. The van der Waals surface area contributed by atoms with Crippen LogP contribution in [0.25, 0.3) is 0 Å². The summed E-state index contributed by atoms with van der Waals surface area (Å²) in [7, 11) is 1.64. The highest BCUT2D eigenvalue weighted by molar-refractivity contribution is 5.75. The monoisotopic (exact) mass is 344 g/mol. The van der Waals surface area contributed by atoms with Crippen molar-refractivity contribution in [3.8, 4) is 11.5 Å². The lowest BCUT2D eigenvalue weighted by Gasteiger charge is -2.14. The zero-order valence-corrected chi connectivity index (χ0v) is 14.5. The number of methoxy groups -OCH3 is 1. The molecule has 1 amide bonds. The number of ether oxygens (including phenoxy) is 2. The van der Waals surface area contributed by atoms with E-state index in [9.17, 15) is 9.90 Å². The third kappa shape index (κ3) is 6.45. The first-order chi connectivity index (χ1) is 12.1. The topological polar surface area (TPSA) is 79.8 Å². The third-order valence-electron chi connectivity index (χ3n) is 3.58. The highest BCUT2D eigenvalue weighted by atomic mass is 16.5. The van der Waals surface area contributed by atoms with E-state index in [4.69, 9.17) is 9.47 Å². The molecule has 0 aromatic heterocycles. The number of hydrogen-bond acceptors (Lipinski definition) is 5. The van der Waals surface area contributed by atoms with Crippen LogP contribution < -0.4 is 20.1 Å². The molecule has 2 aromatic rings. The summed E-state index contributed by atoms with van der Waals surface area (Å²) in [6.07, 6.45) is -0.727. The Bertz CT molecular complexity index is 673. The predicted molar refractivity (Wildman–Crippen MR) is 95.0 cm³/mol. The van der Waals surface area contributed by atoms with E-state index in [1.54, 1.807) is 14.0 Å². The summed E-state index contributed by atoms with van der Waals surface area (Å²) in [5.74, 6) is 1.35. The summed E-state index contributed by atoms with van der Waals surface area (Å²) >= 11 is 0. The number of carbonyl (C=O) groups excluding carboxylic acids is 1. The Morgan fingerprint density at radius 2 is 1.88 bits per heavy atom. The van der Waals surface area contributed by atoms with Crippen LogP contribution in [0.1, 0.15) is 24.5 Å². The Morgan fingerprint density at radius 3 is 2.56 bits per heavy atom. The molecule has 0 unspecified atom stereocenters. The number of amides is 1. The molecule has 0 saturated carbocycles. The molecule has 0 bridgehead atoms. The van der Waals surface area contributed by atoms with Crippen molar-refractivity contribution in [3.63, 3.8) is 0 Å². The van der Waals surface area contributed by atoms with Crippen LogP contribution in [0.3, 0.4) is 0 Å².